The van der Waals surface area contributed by atoms with Gasteiger partial charge in [0.05, 0.1) is 15.1 Å². The number of para-hydroxylation sites is 1. The average Bonchev–Trinajstić information content (AvgIpc) is 2.89. The van der Waals surface area contributed by atoms with E-state index in [0.717, 1.165) is 10.2 Å². The maximum atomic E-state index is 10.9. The minimum atomic E-state index is -0.567. The largest absolute Gasteiger partial charge is 0.331 e. The van der Waals surface area contributed by atoms with Crippen molar-refractivity contribution in [1.29, 1.82) is 5.26 Å². The van der Waals surface area contributed by atoms with Crippen LogP contribution in [0.1, 0.15) is 5.56 Å². The summed E-state index contributed by atoms with van der Waals surface area (Å²) in [7, 11) is 0. The van der Waals surface area contributed by atoms with E-state index in [1.165, 1.54) is 23.5 Å². The van der Waals surface area contributed by atoms with Gasteiger partial charge in [0.1, 0.15) is 11.6 Å². The lowest BCUT2D eigenvalue weighted by Gasteiger charge is -2.02. The van der Waals surface area contributed by atoms with Crippen LogP contribution in [0.3, 0.4) is 0 Å². The second-order valence-corrected chi connectivity index (χ2v) is 5.24. The molecule has 21 heavy (non-hydrogen) atoms. The van der Waals surface area contributed by atoms with Crippen LogP contribution in [0, 0.1) is 21.4 Å². The maximum Gasteiger partial charge on any atom is 0.289 e. The molecule has 0 fully saturated rings. The van der Waals surface area contributed by atoms with Gasteiger partial charge in [0, 0.05) is 11.8 Å². The first kappa shape index (κ1) is 13.0. The molecule has 3 aromatic rings. The molecule has 102 valence electrons. The van der Waals surface area contributed by atoms with E-state index >= 15 is 0 Å². The van der Waals surface area contributed by atoms with Crippen LogP contribution in [-0.4, -0.2) is 9.91 Å². The fraction of sp³-hybridized carbons (Fsp3) is 0. The quantitative estimate of drug-likeness (QED) is 0.586. The fourth-order valence-electron chi connectivity index (χ4n) is 1.90. The molecule has 0 spiro atoms. The number of nitrogens with zero attached hydrogens (tertiary/aromatic N) is 3. The predicted octanol–water partition coefficient (Wildman–Crippen LogP) is 3.82. The van der Waals surface area contributed by atoms with Crippen LogP contribution in [0.5, 0.6) is 0 Å². The maximum absolute atomic E-state index is 10.9. The van der Waals surface area contributed by atoms with E-state index in [4.69, 9.17) is 5.26 Å². The Morgan fingerprint density at radius 3 is 2.81 bits per heavy atom. The number of nitro benzene ring substituents is 1. The molecule has 0 amide bonds. The third kappa shape index (κ3) is 2.52. The summed E-state index contributed by atoms with van der Waals surface area (Å²) < 4.78 is 1.03. The molecule has 1 aromatic heterocycles. The highest BCUT2D eigenvalue weighted by Crippen LogP contribution is 2.30. The molecule has 2 aromatic carbocycles. The third-order valence-electron chi connectivity index (χ3n) is 2.86. The van der Waals surface area contributed by atoms with Gasteiger partial charge in [-0.2, -0.15) is 5.26 Å². The van der Waals surface area contributed by atoms with E-state index in [0.29, 0.717) is 10.8 Å². The summed E-state index contributed by atoms with van der Waals surface area (Å²) in [4.78, 5) is 14.8. The Balaban J connectivity index is 1.96. The van der Waals surface area contributed by atoms with Crippen molar-refractivity contribution in [3.63, 3.8) is 0 Å². The molecule has 0 aliphatic rings. The van der Waals surface area contributed by atoms with Crippen molar-refractivity contribution in [2.45, 2.75) is 0 Å². The van der Waals surface area contributed by atoms with Gasteiger partial charge in [-0.25, -0.2) is 4.98 Å². The fourth-order valence-corrected chi connectivity index (χ4v) is 2.79. The Morgan fingerprint density at radius 1 is 1.29 bits per heavy atom. The van der Waals surface area contributed by atoms with Crippen molar-refractivity contribution in [1.82, 2.24) is 4.98 Å². The van der Waals surface area contributed by atoms with Gasteiger partial charge in [-0.05, 0) is 24.3 Å². The molecular formula is C14H8N4O2S. The Morgan fingerprint density at radius 2 is 2.10 bits per heavy atom. The first-order valence-corrected chi connectivity index (χ1v) is 6.80. The number of nitrogens with one attached hydrogen (secondary N) is 1. The van der Waals surface area contributed by atoms with Crippen molar-refractivity contribution >= 4 is 38.1 Å². The Bertz CT molecular complexity index is 849. The molecule has 0 unspecified atom stereocenters. The number of fused-ring (bicyclic) bond motifs is 1. The zero-order chi connectivity index (χ0) is 14.8. The van der Waals surface area contributed by atoms with Crippen LogP contribution in [0.4, 0.5) is 16.5 Å². The number of rotatable bonds is 3. The van der Waals surface area contributed by atoms with E-state index < -0.39 is 4.92 Å². The summed E-state index contributed by atoms with van der Waals surface area (Å²) in [5, 5.41) is 23.5. The molecule has 6 nitrogen and oxygen atoms in total. The molecule has 1 N–H and O–H groups in total. The van der Waals surface area contributed by atoms with Crippen LogP contribution >= 0.6 is 11.3 Å². The molecule has 0 saturated carbocycles. The monoisotopic (exact) mass is 296 g/mol. The Hall–Kier alpha value is -2.98. The lowest BCUT2D eigenvalue weighted by Crippen LogP contribution is -1.95. The van der Waals surface area contributed by atoms with Crippen LogP contribution < -0.4 is 5.32 Å². The van der Waals surface area contributed by atoms with Crippen LogP contribution in [0.25, 0.3) is 10.2 Å². The van der Waals surface area contributed by atoms with Gasteiger partial charge < -0.3 is 5.32 Å². The number of hydrogen-bond acceptors (Lipinski definition) is 6. The first-order chi connectivity index (χ1) is 10.2. The molecule has 1 heterocycles. The predicted molar refractivity (Wildman–Crippen MR) is 80.7 cm³/mol. The summed E-state index contributed by atoms with van der Waals surface area (Å²) in [6, 6.07) is 13.9. The number of aromatic nitrogens is 1. The minimum absolute atomic E-state index is 0.0369. The molecule has 3 rings (SSSR count). The van der Waals surface area contributed by atoms with Gasteiger partial charge in [-0.3, -0.25) is 10.1 Å². The molecule has 0 bridgehead atoms. The van der Waals surface area contributed by atoms with Gasteiger partial charge in [-0.15, -0.1) is 0 Å². The SMILES string of the molecule is N#Cc1ccc(Nc2nc3ccccc3s2)cc1[N+](=O)[O-]. The van der Waals surface area contributed by atoms with Crippen LogP contribution in [0.2, 0.25) is 0 Å². The highest BCUT2D eigenvalue weighted by molar-refractivity contribution is 7.22. The van der Waals surface area contributed by atoms with Crippen molar-refractivity contribution in [2.24, 2.45) is 0 Å². The van der Waals surface area contributed by atoms with Gasteiger partial charge in [-0.1, -0.05) is 23.5 Å². The lowest BCUT2D eigenvalue weighted by atomic mass is 10.2. The highest BCUT2D eigenvalue weighted by Gasteiger charge is 2.14. The molecule has 7 heteroatoms. The Labute approximate surface area is 123 Å². The lowest BCUT2D eigenvalue weighted by molar-refractivity contribution is -0.385. The standard InChI is InChI=1S/C14H8N4O2S/c15-8-9-5-6-10(7-12(9)18(19)20)16-14-17-11-3-1-2-4-13(11)21-14/h1-7H,(H,16,17). The summed E-state index contributed by atoms with van der Waals surface area (Å²) in [5.74, 6) is 0. The molecule has 0 aliphatic carbocycles. The summed E-state index contributed by atoms with van der Waals surface area (Å²) in [5.41, 5.74) is 1.21. The molecule has 0 aliphatic heterocycles. The van der Waals surface area contributed by atoms with Crippen LogP contribution in [0.15, 0.2) is 42.5 Å². The molecule has 0 atom stereocenters. The normalized spacial score (nSPS) is 10.2. The van der Waals surface area contributed by atoms with E-state index in [2.05, 4.69) is 10.3 Å². The van der Waals surface area contributed by atoms with E-state index in [1.54, 1.807) is 6.07 Å². The first-order valence-electron chi connectivity index (χ1n) is 5.98. The van der Waals surface area contributed by atoms with Crippen molar-refractivity contribution in [3.05, 3.63) is 58.1 Å². The van der Waals surface area contributed by atoms with E-state index in [1.807, 2.05) is 30.3 Å². The third-order valence-corrected chi connectivity index (χ3v) is 3.81. The van der Waals surface area contributed by atoms with Crippen molar-refractivity contribution in [3.8, 4) is 6.07 Å². The highest BCUT2D eigenvalue weighted by atomic mass is 32.1. The zero-order valence-electron chi connectivity index (χ0n) is 10.6. The second-order valence-electron chi connectivity index (χ2n) is 4.21. The average molecular weight is 296 g/mol. The smallest absolute Gasteiger partial charge is 0.289 e. The number of anilines is 2. The van der Waals surface area contributed by atoms with Gasteiger partial charge in [0.15, 0.2) is 5.13 Å². The van der Waals surface area contributed by atoms with Crippen molar-refractivity contribution < 1.29 is 4.92 Å². The number of nitro groups is 1. The number of thiazole rings is 1. The summed E-state index contributed by atoms with van der Waals surface area (Å²) in [6.45, 7) is 0. The van der Waals surface area contributed by atoms with Gasteiger partial charge >= 0.3 is 0 Å². The molecular weight excluding hydrogens is 288 g/mol. The van der Waals surface area contributed by atoms with Gasteiger partial charge in [0.25, 0.3) is 5.69 Å². The van der Waals surface area contributed by atoms with E-state index in [9.17, 15) is 10.1 Å². The summed E-state index contributed by atoms with van der Waals surface area (Å²) in [6.07, 6.45) is 0. The van der Waals surface area contributed by atoms with Crippen LogP contribution in [-0.2, 0) is 0 Å². The molecule has 0 saturated heterocycles. The van der Waals surface area contributed by atoms with Crippen molar-refractivity contribution in [2.75, 3.05) is 5.32 Å². The molecule has 0 radical (unpaired) electrons. The number of hydrogen-bond donors (Lipinski definition) is 1. The number of benzene rings is 2. The zero-order valence-corrected chi connectivity index (χ0v) is 11.4. The minimum Gasteiger partial charge on any atom is -0.331 e. The topological polar surface area (TPSA) is 91.8 Å². The number of nitriles is 1. The van der Waals surface area contributed by atoms with Gasteiger partial charge in [0.2, 0.25) is 0 Å². The summed E-state index contributed by atoms with van der Waals surface area (Å²) >= 11 is 1.46. The second kappa shape index (κ2) is 5.19. The Kier molecular flexibility index (Phi) is 3.22. The van der Waals surface area contributed by atoms with E-state index in [-0.39, 0.29) is 11.3 Å².